The molecule has 0 bridgehead atoms. The van der Waals surface area contributed by atoms with Gasteiger partial charge in [0.15, 0.2) is 0 Å². The molecular formula is C32H63N2+. The van der Waals surface area contributed by atoms with E-state index in [1.165, 1.54) is 173 Å². The predicted octanol–water partition coefficient (Wildman–Crippen LogP) is 10.5. The number of rotatable bonds is 26. The molecule has 0 aliphatic carbocycles. The molecule has 0 radical (unpaired) electrons. The van der Waals surface area contributed by atoms with Crippen molar-refractivity contribution < 1.29 is 4.57 Å². The standard InChI is InChI=1S/C32H63N2/c1-4-6-8-10-12-14-16-17-18-19-21-23-25-27-29-34-31-30-33(32(34)3)28-26-24-22-20-15-13-11-9-7-5-2/h30-31H,4-29H2,1-3H3/q+1. The molecule has 2 nitrogen and oxygen atoms in total. The first-order chi connectivity index (χ1) is 16.8. The minimum Gasteiger partial charge on any atom is -0.234 e. The van der Waals surface area contributed by atoms with Gasteiger partial charge in [-0.3, -0.25) is 0 Å². The van der Waals surface area contributed by atoms with Crippen LogP contribution in [0.2, 0.25) is 0 Å². The molecule has 2 heteroatoms. The van der Waals surface area contributed by atoms with Crippen molar-refractivity contribution in [2.75, 3.05) is 0 Å². The monoisotopic (exact) mass is 475 g/mol. The SMILES string of the molecule is CCCCCCCCCCCCCCCC[n+]1ccn(CCCCCCCCCCCC)c1C. The zero-order chi connectivity index (χ0) is 24.5. The molecule has 34 heavy (non-hydrogen) atoms. The minimum absolute atomic E-state index is 1.20. The van der Waals surface area contributed by atoms with E-state index < -0.39 is 0 Å². The van der Waals surface area contributed by atoms with Crippen LogP contribution in [0.25, 0.3) is 0 Å². The van der Waals surface area contributed by atoms with Gasteiger partial charge in [-0.25, -0.2) is 9.13 Å². The van der Waals surface area contributed by atoms with Gasteiger partial charge >= 0.3 is 0 Å². The maximum absolute atomic E-state index is 2.48. The van der Waals surface area contributed by atoms with Gasteiger partial charge in [0.25, 0.3) is 5.82 Å². The normalized spacial score (nSPS) is 11.5. The Bertz CT molecular complexity index is 533. The Hall–Kier alpha value is -0.790. The molecule has 0 saturated carbocycles. The summed E-state index contributed by atoms with van der Waals surface area (Å²) in [6, 6.07) is 0. The molecule has 0 fully saturated rings. The summed E-state index contributed by atoms with van der Waals surface area (Å²) in [5.41, 5.74) is 0. The summed E-state index contributed by atoms with van der Waals surface area (Å²) in [6.45, 7) is 9.31. The summed E-state index contributed by atoms with van der Waals surface area (Å²) >= 11 is 0. The third kappa shape index (κ3) is 17.6. The quantitative estimate of drug-likeness (QED) is 0.0930. The van der Waals surface area contributed by atoms with Crippen LogP contribution in [0, 0.1) is 6.92 Å². The van der Waals surface area contributed by atoms with Crippen molar-refractivity contribution in [2.45, 2.75) is 188 Å². The lowest BCUT2D eigenvalue weighted by Gasteiger charge is -2.04. The summed E-state index contributed by atoms with van der Waals surface area (Å²) in [6.07, 6.45) is 38.9. The zero-order valence-electron chi connectivity index (χ0n) is 23.9. The average Bonchev–Trinajstić information content (AvgIpc) is 3.19. The topological polar surface area (TPSA) is 8.81 Å². The van der Waals surface area contributed by atoms with E-state index in [0.717, 1.165) is 0 Å². The lowest BCUT2D eigenvalue weighted by molar-refractivity contribution is -0.702. The van der Waals surface area contributed by atoms with Crippen LogP contribution in [0.15, 0.2) is 12.4 Å². The van der Waals surface area contributed by atoms with Crippen molar-refractivity contribution in [2.24, 2.45) is 0 Å². The van der Waals surface area contributed by atoms with E-state index in [0.29, 0.717) is 0 Å². The Morgan fingerprint density at radius 1 is 0.500 bits per heavy atom. The lowest BCUT2D eigenvalue weighted by Crippen LogP contribution is -2.35. The number of hydrogen-bond donors (Lipinski definition) is 0. The summed E-state index contributed by atoms with van der Waals surface area (Å²) < 4.78 is 4.96. The van der Waals surface area contributed by atoms with Crippen LogP contribution < -0.4 is 4.57 Å². The molecule has 0 N–H and O–H groups in total. The van der Waals surface area contributed by atoms with Crippen LogP contribution in [-0.2, 0) is 13.1 Å². The number of aryl methyl sites for hydroxylation is 2. The van der Waals surface area contributed by atoms with E-state index in [4.69, 9.17) is 0 Å². The molecule has 0 spiro atoms. The second-order valence-corrected chi connectivity index (χ2v) is 11.0. The number of aromatic nitrogens is 2. The Labute approximate surface area is 215 Å². The molecule has 0 aliphatic heterocycles. The van der Waals surface area contributed by atoms with Gasteiger partial charge in [0, 0.05) is 6.92 Å². The highest BCUT2D eigenvalue weighted by Crippen LogP contribution is 2.14. The van der Waals surface area contributed by atoms with Crippen molar-refractivity contribution in [3.8, 4) is 0 Å². The summed E-state index contributed by atoms with van der Waals surface area (Å²) in [7, 11) is 0. The summed E-state index contributed by atoms with van der Waals surface area (Å²) in [4.78, 5) is 0. The van der Waals surface area contributed by atoms with Gasteiger partial charge in [-0.2, -0.15) is 0 Å². The smallest absolute Gasteiger partial charge is 0.234 e. The van der Waals surface area contributed by atoms with Crippen molar-refractivity contribution in [1.29, 1.82) is 0 Å². The molecule has 200 valence electrons. The fraction of sp³-hybridized carbons (Fsp3) is 0.906. The Morgan fingerprint density at radius 3 is 1.26 bits per heavy atom. The van der Waals surface area contributed by atoms with Gasteiger partial charge in [-0.15, -0.1) is 0 Å². The largest absolute Gasteiger partial charge is 0.253 e. The molecule has 0 saturated heterocycles. The Morgan fingerprint density at radius 2 is 0.853 bits per heavy atom. The van der Waals surface area contributed by atoms with E-state index in [2.05, 4.69) is 42.3 Å². The highest BCUT2D eigenvalue weighted by atomic mass is 15.1. The van der Waals surface area contributed by atoms with E-state index in [1.807, 2.05) is 0 Å². The first-order valence-corrected chi connectivity index (χ1v) is 15.8. The average molecular weight is 476 g/mol. The van der Waals surface area contributed by atoms with Crippen molar-refractivity contribution >= 4 is 0 Å². The molecule has 0 atom stereocenters. The number of imidazole rings is 1. The van der Waals surface area contributed by atoms with E-state index >= 15 is 0 Å². The molecule has 0 unspecified atom stereocenters. The Balaban J connectivity index is 1.91. The molecule has 0 amide bonds. The number of nitrogens with zero attached hydrogens (tertiary/aromatic N) is 2. The second kappa shape index (κ2) is 23.9. The van der Waals surface area contributed by atoms with Crippen LogP contribution >= 0.6 is 0 Å². The number of unbranched alkanes of at least 4 members (excludes halogenated alkanes) is 22. The van der Waals surface area contributed by atoms with Gasteiger partial charge in [-0.05, 0) is 25.7 Å². The molecule has 0 aromatic carbocycles. The summed E-state index contributed by atoms with van der Waals surface area (Å²) in [5, 5.41) is 0. The van der Waals surface area contributed by atoms with E-state index in [-0.39, 0.29) is 0 Å². The first kappa shape index (κ1) is 31.2. The van der Waals surface area contributed by atoms with Gasteiger partial charge in [-0.1, -0.05) is 142 Å². The zero-order valence-corrected chi connectivity index (χ0v) is 23.9. The van der Waals surface area contributed by atoms with Crippen LogP contribution in [0.4, 0.5) is 0 Å². The predicted molar refractivity (Wildman–Crippen MR) is 152 cm³/mol. The third-order valence-corrected chi connectivity index (χ3v) is 7.76. The Kier molecular flexibility index (Phi) is 22.0. The van der Waals surface area contributed by atoms with Gasteiger partial charge in [0.05, 0.1) is 13.1 Å². The second-order valence-electron chi connectivity index (χ2n) is 11.0. The number of hydrogen-bond acceptors (Lipinski definition) is 0. The van der Waals surface area contributed by atoms with Gasteiger partial charge < -0.3 is 0 Å². The van der Waals surface area contributed by atoms with Crippen molar-refractivity contribution in [1.82, 2.24) is 4.57 Å². The van der Waals surface area contributed by atoms with Gasteiger partial charge in [0.2, 0.25) is 0 Å². The maximum Gasteiger partial charge on any atom is 0.253 e. The van der Waals surface area contributed by atoms with E-state index in [9.17, 15) is 0 Å². The maximum atomic E-state index is 2.48. The summed E-state index contributed by atoms with van der Waals surface area (Å²) in [5.74, 6) is 1.45. The van der Waals surface area contributed by atoms with Crippen LogP contribution in [0.1, 0.15) is 174 Å². The molecule has 0 aliphatic rings. The van der Waals surface area contributed by atoms with E-state index in [1.54, 1.807) is 0 Å². The molecular weight excluding hydrogens is 412 g/mol. The molecule has 1 aromatic heterocycles. The minimum atomic E-state index is 1.20. The molecule has 1 aromatic rings. The highest BCUT2D eigenvalue weighted by Gasteiger charge is 2.11. The van der Waals surface area contributed by atoms with Crippen LogP contribution in [-0.4, -0.2) is 4.57 Å². The third-order valence-electron chi connectivity index (χ3n) is 7.76. The van der Waals surface area contributed by atoms with Crippen LogP contribution in [0.5, 0.6) is 0 Å². The molecule has 1 heterocycles. The highest BCUT2D eigenvalue weighted by molar-refractivity contribution is 4.79. The van der Waals surface area contributed by atoms with Gasteiger partial charge in [0.1, 0.15) is 12.4 Å². The lowest BCUT2D eigenvalue weighted by atomic mass is 10.0. The first-order valence-electron chi connectivity index (χ1n) is 15.8. The fourth-order valence-electron chi connectivity index (χ4n) is 5.26. The fourth-order valence-corrected chi connectivity index (χ4v) is 5.26. The van der Waals surface area contributed by atoms with Crippen molar-refractivity contribution in [3.05, 3.63) is 18.2 Å². The van der Waals surface area contributed by atoms with Crippen LogP contribution in [0.3, 0.4) is 0 Å². The van der Waals surface area contributed by atoms with Crippen molar-refractivity contribution in [3.63, 3.8) is 0 Å². The molecule has 1 rings (SSSR count).